The summed E-state index contributed by atoms with van der Waals surface area (Å²) in [6.45, 7) is 4.00. The molecule has 1 aromatic carbocycles. The van der Waals surface area contributed by atoms with E-state index >= 15 is 0 Å². The molecular weight excluding hydrogens is 316 g/mol. The number of ether oxygens (including phenoxy) is 1. The maximum absolute atomic E-state index is 12.7. The quantitative estimate of drug-likeness (QED) is 0.539. The third kappa shape index (κ3) is 2.27. The summed E-state index contributed by atoms with van der Waals surface area (Å²) in [6, 6.07) is 9.57. The molecule has 0 unspecified atom stereocenters. The Morgan fingerprint density at radius 1 is 1.28 bits per heavy atom. The van der Waals surface area contributed by atoms with Crippen LogP contribution in [0.3, 0.4) is 0 Å². The Hall–Kier alpha value is -2.95. The number of nitrogens with zero attached hydrogens (tertiary/aromatic N) is 2. The van der Waals surface area contributed by atoms with Crippen molar-refractivity contribution >= 4 is 16.7 Å². The van der Waals surface area contributed by atoms with Gasteiger partial charge in [0.15, 0.2) is 5.78 Å². The SMILES string of the molecule is CCC(=O)c1cc2n(c(=O)c1C)Cc1cc3cc(OC)ccc3nc1-2. The molecule has 25 heavy (non-hydrogen) atoms. The minimum Gasteiger partial charge on any atom is -0.497 e. The molecule has 3 heterocycles. The van der Waals surface area contributed by atoms with Crippen LogP contribution >= 0.6 is 0 Å². The fourth-order valence-electron chi connectivity index (χ4n) is 3.42. The highest BCUT2D eigenvalue weighted by atomic mass is 16.5. The van der Waals surface area contributed by atoms with Gasteiger partial charge in [-0.25, -0.2) is 4.98 Å². The van der Waals surface area contributed by atoms with E-state index in [-0.39, 0.29) is 11.3 Å². The van der Waals surface area contributed by atoms with Crippen molar-refractivity contribution in [3.8, 4) is 17.1 Å². The second-order valence-corrected chi connectivity index (χ2v) is 6.29. The third-order valence-electron chi connectivity index (χ3n) is 4.84. The van der Waals surface area contributed by atoms with E-state index < -0.39 is 0 Å². The first kappa shape index (κ1) is 15.6. The summed E-state index contributed by atoms with van der Waals surface area (Å²) >= 11 is 0. The van der Waals surface area contributed by atoms with Crippen LogP contribution in [0.2, 0.25) is 0 Å². The minimum absolute atomic E-state index is 0.0167. The van der Waals surface area contributed by atoms with Gasteiger partial charge in [0.1, 0.15) is 5.75 Å². The summed E-state index contributed by atoms with van der Waals surface area (Å²) in [5.41, 5.74) is 4.22. The van der Waals surface area contributed by atoms with Gasteiger partial charge in [-0.1, -0.05) is 6.92 Å². The number of hydrogen-bond acceptors (Lipinski definition) is 4. The van der Waals surface area contributed by atoms with E-state index in [1.807, 2.05) is 30.3 Å². The molecule has 5 heteroatoms. The molecule has 0 radical (unpaired) electrons. The molecule has 0 aliphatic carbocycles. The molecule has 126 valence electrons. The maximum atomic E-state index is 12.7. The molecule has 0 bridgehead atoms. The Labute approximate surface area is 144 Å². The highest BCUT2D eigenvalue weighted by Gasteiger charge is 2.25. The van der Waals surface area contributed by atoms with Crippen LogP contribution in [0.4, 0.5) is 0 Å². The van der Waals surface area contributed by atoms with Crippen LogP contribution in [0.25, 0.3) is 22.3 Å². The number of carbonyl (C=O) groups is 1. The second kappa shape index (κ2) is 5.55. The van der Waals surface area contributed by atoms with Crippen molar-refractivity contribution < 1.29 is 9.53 Å². The number of Topliss-reactive ketones (excluding diaryl/α,β-unsaturated/α-hetero) is 1. The zero-order valence-electron chi connectivity index (χ0n) is 14.4. The molecule has 5 nitrogen and oxygen atoms in total. The highest BCUT2D eigenvalue weighted by Crippen LogP contribution is 2.33. The average Bonchev–Trinajstić information content (AvgIpc) is 2.99. The first-order valence-corrected chi connectivity index (χ1v) is 8.29. The summed E-state index contributed by atoms with van der Waals surface area (Å²) in [5, 5.41) is 0.973. The van der Waals surface area contributed by atoms with E-state index in [0.29, 0.717) is 24.1 Å². The number of benzene rings is 1. The van der Waals surface area contributed by atoms with Gasteiger partial charge in [0, 0.05) is 28.5 Å². The molecule has 1 aliphatic heterocycles. The van der Waals surface area contributed by atoms with E-state index in [1.165, 1.54) is 0 Å². The average molecular weight is 334 g/mol. The Balaban J connectivity index is 1.97. The fourth-order valence-corrected chi connectivity index (χ4v) is 3.42. The summed E-state index contributed by atoms with van der Waals surface area (Å²) in [6.07, 6.45) is 0.377. The first-order valence-electron chi connectivity index (χ1n) is 8.29. The fraction of sp³-hybridized carbons (Fsp3) is 0.250. The van der Waals surface area contributed by atoms with Crippen molar-refractivity contribution in [3.63, 3.8) is 0 Å². The van der Waals surface area contributed by atoms with Crippen LogP contribution in [0.1, 0.15) is 34.8 Å². The van der Waals surface area contributed by atoms with Gasteiger partial charge in [0.25, 0.3) is 5.56 Å². The van der Waals surface area contributed by atoms with Gasteiger partial charge >= 0.3 is 0 Å². The topological polar surface area (TPSA) is 61.2 Å². The van der Waals surface area contributed by atoms with Gasteiger partial charge in [0.05, 0.1) is 30.6 Å². The third-order valence-corrected chi connectivity index (χ3v) is 4.84. The number of rotatable bonds is 3. The second-order valence-electron chi connectivity index (χ2n) is 6.29. The number of ketones is 1. The summed E-state index contributed by atoms with van der Waals surface area (Å²) < 4.78 is 6.98. The Kier molecular flexibility index (Phi) is 3.46. The smallest absolute Gasteiger partial charge is 0.255 e. The predicted octanol–water partition coefficient (Wildman–Crippen LogP) is 3.33. The van der Waals surface area contributed by atoms with E-state index in [1.54, 1.807) is 25.5 Å². The molecule has 4 rings (SSSR count). The van der Waals surface area contributed by atoms with Crippen LogP contribution in [-0.4, -0.2) is 22.4 Å². The lowest BCUT2D eigenvalue weighted by molar-refractivity contribution is 0.0987. The van der Waals surface area contributed by atoms with Crippen LogP contribution in [0.15, 0.2) is 35.1 Å². The number of pyridine rings is 2. The number of fused-ring (bicyclic) bond motifs is 4. The lowest BCUT2D eigenvalue weighted by Gasteiger charge is -2.09. The first-order chi connectivity index (χ1) is 12.0. The molecule has 0 saturated heterocycles. The lowest BCUT2D eigenvalue weighted by atomic mass is 10.0. The van der Waals surface area contributed by atoms with Gasteiger partial charge in [-0.2, -0.15) is 0 Å². The van der Waals surface area contributed by atoms with E-state index in [4.69, 9.17) is 9.72 Å². The van der Waals surface area contributed by atoms with E-state index in [2.05, 4.69) is 0 Å². The molecule has 1 aliphatic rings. The van der Waals surface area contributed by atoms with Crippen molar-refractivity contribution in [1.82, 2.24) is 9.55 Å². The molecule has 3 aromatic rings. The Bertz CT molecular complexity index is 1100. The molecule has 0 amide bonds. The largest absolute Gasteiger partial charge is 0.497 e. The monoisotopic (exact) mass is 334 g/mol. The molecule has 0 spiro atoms. The number of methoxy groups -OCH3 is 1. The summed E-state index contributed by atoms with van der Waals surface area (Å²) in [5.74, 6) is 0.755. The minimum atomic E-state index is -0.117. The van der Waals surface area contributed by atoms with Gasteiger partial charge in [-0.15, -0.1) is 0 Å². The molecule has 0 N–H and O–H groups in total. The maximum Gasteiger partial charge on any atom is 0.255 e. The number of aromatic nitrogens is 2. The molecule has 0 fully saturated rings. The van der Waals surface area contributed by atoms with Gasteiger partial charge in [-0.3, -0.25) is 9.59 Å². The Morgan fingerprint density at radius 2 is 2.08 bits per heavy atom. The van der Waals surface area contributed by atoms with Crippen molar-refractivity contribution in [2.45, 2.75) is 26.8 Å². The van der Waals surface area contributed by atoms with Gasteiger partial charge < -0.3 is 9.30 Å². The van der Waals surface area contributed by atoms with Crippen LogP contribution in [0, 0.1) is 6.92 Å². The van der Waals surface area contributed by atoms with Crippen LogP contribution in [-0.2, 0) is 6.54 Å². The molecule has 0 saturated carbocycles. The Morgan fingerprint density at radius 3 is 2.80 bits per heavy atom. The lowest BCUT2D eigenvalue weighted by Crippen LogP contribution is -2.24. The van der Waals surface area contributed by atoms with Crippen molar-refractivity contribution in [1.29, 1.82) is 0 Å². The molecular formula is C20H18N2O3. The summed E-state index contributed by atoms with van der Waals surface area (Å²) in [7, 11) is 1.63. The van der Waals surface area contributed by atoms with E-state index in [0.717, 1.165) is 33.6 Å². The van der Waals surface area contributed by atoms with Crippen molar-refractivity contribution in [2.75, 3.05) is 7.11 Å². The van der Waals surface area contributed by atoms with Crippen LogP contribution < -0.4 is 10.3 Å². The zero-order valence-corrected chi connectivity index (χ0v) is 14.4. The standard InChI is InChI=1S/C20H18N2O3/c1-4-18(23)15-9-17-19-13(10-22(17)20(24)11(15)2)7-12-8-14(25-3)5-6-16(12)21-19/h5-9H,4,10H2,1-3H3. The zero-order chi connectivity index (χ0) is 17.7. The van der Waals surface area contributed by atoms with E-state index in [9.17, 15) is 9.59 Å². The van der Waals surface area contributed by atoms with Crippen molar-refractivity contribution in [2.24, 2.45) is 0 Å². The van der Waals surface area contributed by atoms with Crippen molar-refractivity contribution in [3.05, 3.63) is 57.4 Å². The predicted molar refractivity (Wildman–Crippen MR) is 96.5 cm³/mol. The number of carbonyl (C=O) groups excluding carboxylic acids is 1. The van der Waals surface area contributed by atoms with Gasteiger partial charge in [-0.05, 0) is 37.3 Å². The van der Waals surface area contributed by atoms with Gasteiger partial charge in [0.2, 0.25) is 0 Å². The highest BCUT2D eigenvalue weighted by molar-refractivity contribution is 5.98. The molecule has 0 atom stereocenters. The summed E-state index contributed by atoms with van der Waals surface area (Å²) in [4.78, 5) is 29.7. The normalized spacial score (nSPS) is 12.1. The number of hydrogen-bond donors (Lipinski definition) is 0. The molecule has 2 aromatic heterocycles. The van der Waals surface area contributed by atoms with Crippen LogP contribution in [0.5, 0.6) is 5.75 Å².